The van der Waals surface area contributed by atoms with E-state index >= 15 is 0 Å². The summed E-state index contributed by atoms with van der Waals surface area (Å²) in [5, 5.41) is 14.5. The summed E-state index contributed by atoms with van der Waals surface area (Å²) in [7, 11) is 1.83. The Balaban J connectivity index is 2.34. The number of aromatic nitrogens is 4. The van der Waals surface area contributed by atoms with E-state index in [9.17, 15) is 0 Å². The minimum atomic E-state index is 0.419. The molecule has 1 N–H and O–H groups in total. The molecule has 1 aromatic rings. The van der Waals surface area contributed by atoms with Gasteiger partial charge in [0.05, 0.1) is 0 Å². The highest BCUT2D eigenvalue weighted by molar-refractivity contribution is 5.22. The third-order valence-corrected chi connectivity index (χ3v) is 2.17. The van der Waals surface area contributed by atoms with E-state index in [1.807, 2.05) is 7.05 Å². The highest BCUT2D eigenvalue weighted by Gasteiger charge is 2.07. The van der Waals surface area contributed by atoms with Crippen molar-refractivity contribution in [3.05, 3.63) is 0 Å². The summed E-state index contributed by atoms with van der Waals surface area (Å²) in [6, 6.07) is 0.419. The van der Waals surface area contributed by atoms with Crippen LogP contribution in [0.25, 0.3) is 0 Å². The monoisotopic (exact) mass is 197 g/mol. The van der Waals surface area contributed by atoms with Crippen molar-refractivity contribution >= 4 is 5.95 Å². The van der Waals surface area contributed by atoms with Gasteiger partial charge in [-0.2, -0.15) is 0 Å². The Bertz CT molecular complexity index is 268. The molecule has 14 heavy (non-hydrogen) atoms. The van der Waals surface area contributed by atoms with Gasteiger partial charge in [-0.1, -0.05) is 18.9 Å². The third-order valence-electron chi connectivity index (χ3n) is 2.17. The Kier molecular flexibility index (Phi) is 3.85. The van der Waals surface area contributed by atoms with Crippen molar-refractivity contribution < 1.29 is 0 Å². The summed E-state index contributed by atoms with van der Waals surface area (Å²) < 4.78 is 1.64. The van der Waals surface area contributed by atoms with Gasteiger partial charge >= 0.3 is 0 Å². The molecular weight excluding hydrogens is 178 g/mol. The molecule has 0 fully saturated rings. The molecule has 0 aliphatic heterocycles. The minimum absolute atomic E-state index is 0.419. The van der Waals surface area contributed by atoms with E-state index in [-0.39, 0.29) is 0 Å². The van der Waals surface area contributed by atoms with Crippen molar-refractivity contribution in [2.75, 3.05) is 5.32 Å². The van der Waals surface area contributed by atoms with E-state index < -0.39 is 0 Å². The predicted octanol–water partition coefficient (Wildman–Crippen LogP) is 1.45. The zero-order valence-electron chi connectivity index (χ0n) is 9.36. The third kappa shape index (κ3) is 3.32. The molecule has 0 bridgehead atoms. The van der Waals surface area contributed by atoms with Crippen LogP contribution in [0.3, 0.4) is 0 Å². The van der Waals surface area contributed by atoms with Gasteiger partial charge in [-0.25, -0.2) is 4.68 Å². The van der Waals surface area contributed by atoms with Crippen LogP contribution >= 0.6 is 0 Å². The van der Waals surface area contributed by atoms with Crippen LogP contribution in [-0.2, 0) is 7.05 Å². The standard InChI is InChI=1S/C9H19N5/c1-7(2)5-6-8(3)10-9-11-12-13-14(9)4/h7-8H,5-6H2,1-4H3,(H,10,11,13). The fraction of sp³-hybridized carbons (Fsp3) is 0.889. The average Bonchev–Trinajstić information content (AvgIpc) is 2.49. The van der Waals surface area contributed by atoms with E-state index in [1.54, 1.807) is 4.68 Å². The molecule has 1 atom stereocenters. The Hall–Kier alpha value is -1.13. The maximum Gasteiger partial charge on any atom is 0.242 e. The molecule has 1 rings (SSSR count). The van der Waals surface area contributed by atoms with Gasteiger partial charge in [-0.15, -0.1) is 0 Å². The Morgan fingerprint density at radius 2 is 2.00 bits per heavy atom. The summed E-state index contributed by atoms with van der Waals surface area (Å²) in [4.78, 5) is 0. The first-order valence-corrected chi connectivity index (χ1v) is 5.08. The molecule has 0 aromatic carbocycles. The summed E-state index contributed by atoms with van der Waals surface area (Å²) in [5.74, 6) is 1.48. The number of nitrogens with zero attached hydrogens (tertiary/aromatic N) is 4. The number of hydrogen-bond acceptors (Lipinski definition) is 4. The van der Waals surface area contributed by atoms with Gasteiger partial charge in [-0.3, -0.25) is 0 Å². The van der Waals surface area contributed by atoms with Gasteiger partial charge in [0.2, 0.25) is 5.95 Å². The SMILES string of the molecule is CC(C)CCC(C)Nc1nnnn1C. The molecule has 0 saturated carbocycles. The molecule has 0 aliphatic carbocycles. The predicted molar refractivity (Wildman–Crippen MR) is 56.0 cm³/mol. The molecule has 0 radical (unpaired) electrons. The van der Waals surface area contributed by atoms with Crippen LogP contribution in [0.5, 0.6) is 0 Å². The van der Waals surface area contributed by atoms with Crippen molar-refractivity contribution in [2.45, 2.75) is 39.7 Å². The van der Waals surface area contributed by atoms with E-state index in [2.05, 4.69) is 41.6 Å². The van der Waals surface area contributed by atoms with Crippen LogP contribution in [0.2, 0.25) is 0 Å². The Labute approximate surface area is 84.9 Å². The lowest BCUT2D eigenvalue weighted by atomic mass is 10.0. The largest absolute Gasteiger partial charge is 0.351 e. The van der Waals surface area contributed by atoms with Gasteiger partial charge < -0.3 is 5.32 Å². The molecule has 0 amide bonds. The van der Waals surface area contributed by atoms with Crippen LogP contribution in [0.1, 0.15) is 33.6 Å². The summed E-state index contributed by atoms with van der Waals surface area (Å²) in [6.07, 6.45) is 2.37. The summed E-state index contributed by atoms with van der Waals surface area (Å²) in [6.45, 7) is 6.62. The maximum atomic E-state index is 3.87. The molecule has 1 heterocycles. The number of anilines is 1. The molecule has 1 aromatic heterocycles. The molecule has 0 aliphatic rings. The average molecular weight is 197 g/mol. The molecule has 0 spiro atoms. The molecule has 80 valence electrons. The van der Waals surface area contributed by atoms with Gasteiger partial charge in [0, 0.05) is 13.1 Å². The lowest BCUT2D eigenvalue weighted by Crippen LogP contribution is -2.18. The summed E-state index contributed by atoms with van der Waals surface area (Å²) >= 11 is 0. The van der Waals surface area contributed by atoms with Gasteiger partial charge in [-0.05, 0) is 36.1 Å². The normalized spacial score (nSPS) is 13.2. The first-order chi connectivity index (χ1) is 6.59. The van der Waals surface area contributed by atoms with Crippen LogP contribution in [0.15, 0.2) is 0 Å². The number of rotatable bonds is 5. The lowest BCUT2D eigenvalue weighted by Gasteiger charge is -2.14. The van der Waals surface area contributed by atoms with E-state index in [1.165, 1.54) is 6.42 Å². The Morgan fingerprint density at radius 1 is 1.29 bits per heavy atom. The van der Waals surface area contributed by atoms with E-state index in [4.69, 9.17) is 0 Å². The van der Waals surface area contributed by atoms with Crippen LogP contribution in [0.4, 0.5) is 5.95 Å². The van der Waals surface area contributed by atoms with E-state index in [0.717, 1.165) is 18.3 Å². The van der Waals surface area contributed by atoms with Crippen LogP contribution < -0.4 is 5.32 Å². The number of aryl methyl sites for hydroxylation is 1. The second-order valence-electron chi connectivity index (χ2n) is 4.14. The quantitative estimate of drug-likeness (QED) is 0.776. The molecular formula is C9H19N5. The van der Waals surface area contributed by atoms with Crippen LogP contribution in [0, 0.1) is 5.92 Å². The second kappa shape index (κ2) is 4.93. The zero-order valence-corrected chi connectivity index (χ0v) is 9.36. The minimum Gasteiger partial charge on any atom is -0.351 e. The van der Waals surface area contributed by atoms with Crippen molar-refractivity contribution in [3.63, 3.8) is 0 Å². The van der Waals surface area contributed by atoms with Gasteiger partial charge in [0.15, 0.2) is 0 Å². The number of tetrazole rings is 1. The Morgan fingerprint density at radius 3 is 2.50 bits per heavy atom. The fourth-order valence-electron chi connectivity index (χ4n) is 1.23. The van der Waals surface area contributed by atoms with Gasteiger partial charge in [0.25, 0.3) is 0 Å². The first kappa shape index (κ1) is 10.9. The lowest BCUT2D eigenvalue weighted by molar-refractivity contribution is 0.525. The topological polar surface area (TPSA) is 55.6 Å². The van der Waals surface area contributed by atoms with Crippen molar-refractivity contribution in [3.8, 4) is 0 Å². The molecule has 1 unspecified atom stereocenters. The smallest absolute Gasteiger partial charge is 0.242 e. The zero-order chi connectivity index (χ0) is 10.6. The molecule has 5 heteroatoms. The first-order valence-electron chi connectivity index (χ1n) is 5.08. The van der Waals surface area contributed by atoms with E-state index in [0.29, 0.717) is 6.04 Å². The number of hydrogen-bond donors (Lipinski definition) is 1. The van der Waals surface area contributed by atoms with Gasteiger partial charge in [0.1, 0.15) is 0 Å². The van der Waals surface area contributed by atoms with Crippen molar-refractivity contribution in [1.82, 2.24) is 20.2 Å². The molecule has 0 saturated heterocycles. The highest BCUT2D eigenvalue weighted by Crippen LogP contribution is 2.09. The maximum absolute atomic E-state index is 3.87. The highest BCUT2D eigenvalue weighted by atomic mass is 15.6. The number of nitrogens with one attached hydrogen (secondary N) is 1. The second-order valence-corrected chi connectivity index (χ2v) is 4.14. The van der Waals surface area contributed by atoms with Crippen LogP contribution in [-0.4, -0.2) is 26.2 Å². The summed E-state index contributed by atoms with van der Waals surface area (Å²) in [5.41, 5.74) is 0. The fourth-order valence-corrected chi connectivity index (χ4v) is 1.23. The van der Waals surface area contributed by atoms with Crippen molar-refractivity contribution in [2.24, 2.45) is 13.0 Å². The molecule has 5 nitrogen and oxygen atoms in total. The van der Waals surface area contributed by atoms with Crippen molar-refractivity contribution in [1.29, 1.82) is 0 Å².